The number of hydrogen-bond donors (Lipinski definition) is 1. The highest BCUT2D eigenvalue weighted by atomic mass is 16.6. The Labute approximate surface area is 123 Å². The van der Waals surface area contributed by atoms with Crippen LogP contribution in [0.15, 0.2) is 24.3 Å². The highest BCUT2D eigenvalue weighted by molar-refractivity contribution is 5.75. The Morgan fingerprint density at radius 1 is 1.43 bits per heavy atom. The second-order valence-corrected chi connectivity index (χ2v) is 5.68. The number of carbonyl (C=O) groups is 1. The molecule has 0 aliphatic carbocycles. The minimum absolute atomic E-state index is 0.0748. The smallest absolute Gasteiger partial charge is 0.310 e. The van der Waals surface area contributed by atoms with Crippen molar-refractivity contribution in [1.29, 1.82) is 0 Å². The van der Waals surface area contributed by atoms with E-state index in [0.717, 1.165) is 24.9 Å². The standard InChI is InChI=1S/C15H20N2O4/c1-2-15(14(18)19)8-3-9-16(11-15)10-12-4-6-13(7-5-12)17(20)21/h4-7H,2-3,8-11H2,1H3,(H,18,19). The summed E-state index contributed by atoms with van der Waals surface area (Å²) in [6, 6.07) is 6.45. The molecule has 21 heavy (non-hydrogen) atoms. The molecule has 6 heteroatoms. The highest BCUT2D eigenvalue weighted by Gasteiger charge is 2.40. The molecule has 0 spiro atoms. The molecular formula is C15H20N2O4. The zero-order valence-electron chi connectivity index (χ0n) is 12.1. The van der Waals surface area contributed by atoms with Crippen molar-refractivity contribution in [3.05, 3.63) is 39.9 Å². The molecule has 1 fully saturated rings. The molecule has 1 unspecified atom stereocenters. The molecule has 114 valence electrons. The number of carboxylic acid groups (broad SMARTS) is 1. The number of benzene rings is 1. The Bertz CT molecular complexity index is 529. The third kappa shape index (κ3) is 3.39. The number of aliphatic carboxylic acids is 1. The largest absolute Gasteiger partial charge is 0.481 e. The van der Waals surface area contributed by atoms with Gasteiger partial charge in [0, 0.05) is 25.2 Å². The summed E-state index contributed by atoms with van der Waals surface area (Å²) in [5, 5.41) is 20.1. The van der Waals surface area contributed by atoms with Gasteiger partial charge in [-0.15, -0.1) is 0 Å². The van der Waals surface area contributed by atoms with Crippen LogP contribution in [-0.2, 0) is 11.3 Å². The van der Waals surface area contributed by atoms with Crippen LogP contribution in [0.3, 0.4) is 0 Å². The number of nitrogens with zero attached hydrogens (tertiary/aromatic N) is 2. The predicted molar refractivity (Wildman–Crippen MR) is 78.0 cm³/mol. The first-order chi connectivity index (χ1) is 9.97. The molecule has 1 atom stereocenters. The molecule has 0 bridgehead atoms. The van der Waals surface area contributed by atoms with Gasteiger partial charge in [0.05, 0.1) is 10.3 Å². The SMILES string of the molecule is CCC1(C(=O)O)CCCN(Cc2ccc([N+](=O)[O-])cc2)C1. The number of nitro groups is 1. The summed E-state index contributed by atoms with van der Waals surface area (Å²) in [6.07, 6.45) is 2.21. The lowest BCUT2D eigenvalue weighted by atomic mass is 9.77. The van der Waals surface area contributed by atoms with Crippen molar-refractivity contribution < 1.29 is 14.8 Å². The van der Waals surface area contributed by atoms with Crippen molar-refractivity contribution >= 4 is 11.7 Å². The first kappa shape index (κ1) is 15.4. The molecule has 6 nitrogen and oxygen atoms in total. The van der Waals surface area contributed by atoms with Gasteiger partial charge in [-0.1, -0.05) is 19.1 Å². The van der Waals surface area contributed by atoms with Crippen LogP contribution in [0.25, 0.3) is 0 Å². The molecule has 0 radical (unpaired) electrons. The number of hydrogen-bond acceptors (Lipinski definition) is 4. The van der Waals surface area contributed by atoms with Gasteiger partial charge in [-0.05, 0) is 31.4 Å². The maximum Gasteiger partial charge on any atom is 0.310 e. The topological polar surface area (TPSA) is 83.7 Å². The molecular weight excluding hydrogens is 272 g/mol. The van der Waals surface area contributed by atoms with Crippen molar-refractivity contribution in [2.24, 2.45) is 5.41 Å². The Kier molecular flexibility index (Phi) is 4.57. The van der Waals surface area contributed by atoms with E-state index in [9.17, 15) is 20.0 Å². The van der Waals surface area contributed by atoms with Crippen LogP contribution in [0.1, 0.15) is 31.7 Å². The summed E-state index contributed by atoms with van der Waals surface area (Å²) in [4.78, 5) is 23.9. The van der Waals surface area contributed by atoms with E-state index < -0.39 is 16.3 Å². The summed E-state index contributed by atoms with van der Waals surface area (Å²) in [5.74, 6) is -0.724. The number of piperidine rings is 1. The van der Waals surface area contributed by atoms with Crippen molar-refractivity contribution in [2.45, 2.75) is 32.7 Å². The Hall–Kier alpha value is -1.95. The fourth-order valence-corrected chi connectivity index (χ4v) is 2.96. The first-order valence-corrected chi connectivity index (χ1v) is 7.16. The second kappa shape index (κ2) is 6.22. The maximum absolute atomic E-state index is 11.5. The monoisotopic (exact) mass is 292 g/mol. The van der Waals surface area contributed by atoms with Crippen LogP contribution in [0.2, 0.25) is 0 Å². The number of rotatable bonds is 5. The second-order valence-electron chi connectivity index (χ2n) is 5.68. The van der Waals surface area contributed by atoms with E-state index in [-0.39, 0.29) is 5.69 Å². The maximum atomic E-state index is 11.5. The number of non-ortho nitro benzene ring substituents is 1. The van der Waals surface area contributed by atoms with Crippen LogP contribution < -0.4 is 0 Å². The molecule has 0 aromatic heterocycles. The van der Waals surface area contributed by atoms with E-state index in [0.29, 0.717) is 19.5 Å². The zero-order valence-corrected chi connectivity index (χ0v) is 12.1. The Balaban J connectivity index is 2.05. The van der Waals surface area contributed by atoms with Gasteiger partial charge < -0.3 is 5.11 Å². The van der Waals surface area contributed by atoms with Crippen LogP contribution >= 0.6 is 0 Å². The van der Waals surface area contributed by atoms with Crippen molar-refractivity contribution in [2.75, 3.05) is 13.1 Å². The van der Waals surface area contributed by atoms with Crippen LogP contribution in [-0.4, -0.2) is 34.0 Å². The fraction of sp³-hybridized carbons (Fsp3) is 0.533. The van der Waals surface area contributed by atoms with Gasteiger partial charge in [0.1, 0.15) is 0 Å². The highest BCUT2D eigenvalue weighted by Crippen LogP contribution is 2.34. The third-order valence-electron chi connectivity index (χ3n) is 4.34. The molecule has 1 aliphatic heterocycles. The van der Waals surface area contributed by atoms with Gasteiger partial charge in [0.15, 0.2) is 0 Å². The quantitative estimate of drug-likeness (QED) is 0.666. The van der Waals surface area contributed by atoms with Gasteiger partial charge in [0.25, 0.3) is 5.69 Å². The van der Waals surface area contributed by atoms with Gasteiger partial charge in [-0.3, -0.25) is 19.8 Å². The van der Waals surface area contributed by atoms with E-state index in [2.05, 4.69) is 4.90 Å². The van der Waals surface area contributed by atoms with Gasteiger partial charge in [0.2, 0.25) is 0 Å². The molecule has 0 saturated carbocycles. The summed E-state index contributed by atoms with van der Waals surface area (Å²) >= 11 is 0. The minimum Gasteiger partial charge on any atom is -0.481 e. The molecule has 0 amide bonds. The van der Waals surface area contributed by atoms with Crippen molar-refractivity contribution in [3.8, 4) is 0 Å². The van der Waals surface area contributed by atoms with Gasteiger partial charge in [-0.2, -0.15) is 0 Å². The average Bonchev–Trinajstić information content (AvgIpc) is 2.47. The average molecular weight is 292 g/mol. The molecule has 1 saturated heterocycles. The van der Waals surface area contributed by atoms with Crippen molar-refractivity contribution in [3.63, 3.8) is 0 Å². The molecule has 1 aliphatic rings. The lowest BCUT2D eigenvalue weighted by molar-refractivity contribution is -0.384. The normalized spacial score (nSPS) is 22.9. The number of nitro benzene ring substituents is 1. The predicted octanol–water partition coefficient (Wildman–Crippen LogP) is 2.67. The lowest BCUT2D eigenvalue weighted by Crippen LogP contribution is -2.47. The molecule has 2 rings (SSSR count). The van der Waals surface area contributed by atoms with E-state index in [1.807, 2.05) is 6.92 Å². The van der Waals surface area contributed by atoms with Crippen LogP contribution in [0.4, 0.5) is 5.69 Å². The summed E-state index contributed by atoms with van der Waals surface area (Å²) < 4.78 is 0. The van der Waals surface area contributed by atoms with Crippen LogP contribution in [0, 0.1) is 15.5 Å². The third-order valence-corrected chi connectivity index (χ3v) is 4.34. The van der Waals surface area contributed by atoms with E-state index in [1.165, 1.54) is 12.1 Å². The molecule has 1 aromatic rings. The van der Waals surface area contributed by atoms with Crippen LogP contribution in [0.5, 0.6) is 0 Å². The van der Waals surface area contributed by atoms with E-state index >= 15 is 0 Å². The molecule has 1 N–H and O–H groups in total. The number of carboxylic acids is 1. The summed E-state index contributed by atoms with van der Waals surface area (Å²) in [7, 11) is 0. The van der Waals surface area contributed by atoms with Gasteiger partial charge in [-0.25, -0.2) is 0 Å². The van der Waals surface area contributed by atoms with E-state index in [4.69, 9.17) is 0 Å². The Morgan fingerprint density at radius 2 is 2.10 bits per heavy atom. The molecule has 1 aromatic carbocycles. The van der Waals surface area contributed by atoms with E-state index in [1.54, 1.807) is 12.1 Å². The Morgan fingerprint density at radius 3 is 2.62 bits per heavy atom. The summed E-state index contributed by atoms with van der Waals surface area (Å²) in [6.45, 7) is 3.96. The number of likely N-dealkylation sites (tertiary alicyclic amines) is 1. The lowest BCUT2D eigenvalue weighted by Gasteiger charge is -2.39. The van der Waals surface area contributed by atoms with Gasteiger partial charge >= 0.3 is 5.97 Å². The zero-order chi connectivity index (χ0) is 15.5. The fourth-order valence-electron chi connectivity index (χ4n) is 2.96. The minimum atomic E-state index is -0.724. The summed E-state index contributed by atoms with van der Waals surface area (Å²) in [5.41, 5.74) is 0.391. The van der Waals surface area contributed by atoms with Crippen molar-refractivity contribution in [1.82, 2.24) is 4.90 Å². The first-order valence-electron chi connectivity index (χ1n) is 7.16. The molecule has 1 heterocycles.